The maximum atomic E-state index is 9.67. The summed E-state index contributed by atoms with van der Waals surface area (Å²) in [4.78, 5) is 8.70. The topological polar surface area (TPSA) is 46.0 Å². The molecule has 2 aromatic carbocycles. The minimum absolute atomic E-state index is 0.285. The van der Waals surface area contributed by atoms with Crippen molar-refractivity contribution in [3.63, 3.8) is 0 Å². The van der Waals surface area contributed by atoms with Crippen molar-refractivity contribution in [1.82, 2.24) is 9.97 Å². The predicted molar refractivity (Wildman–Crippen MR) is 77.9 cm³/mol. The molecule has 3 heteroatoms. The minimum Gasteiger partial charge on any atom is -0.512 e. The Morgan fingerprint density at radius 3 is 2.53 bits per heavy atom. The Labute approximate surface area is 111 Å². The fraction of sp³-hybridized carbons (Fsp3) is 0.125. The van der Waals surface area contributed by atoms with Crippen LogP contribution < -0.4 is 0 Å². The van der Waals surface area contributed by atoms with Crippen molar-refractivity contribution >= 4 is 27.2 Å². The molecule has 0 bridgehead atoms. The largest absolute Gasteiger partial charge is 0.512 e. The molecular weight excluding hydrogens is 236 g/mol. The van der Waals surface area contributed by atoms with E-state index in [0.717, 1.165) is 32.9 Å². The maximum Gasteiger partial charge on any atom is 0.116 e. The molecule has 0 fully saturated rings. The summed E-state index contributed by atoms with van der Waals surface area (Å²) in [5.41, 5.74) is 2.49. The molecule has 0 spiro atoms. The van der Waals surface area contributed by atoms with Crippen LogP contribution in [0.15, 0.2) is 48.5 Å². The van der Waals surface area contributed by atoms with Gasteiger partial charge < -0.3 is 5.11 Å². The number of aliphatic hydroxyl groups excluding tert-OH is 1. The van der Waals surface area contributed by atoms with Crippen molar-refractivity contribution in [2.75, 3.05) is 0 Å². The van der Waals surface area contributed by atoms with E-state index < -0.39 is 0 Å². The molecule has 0 saturated heterocycles. The van der Waals surface area contributed by atoms with Crippen molar-refractivity contribution < 1.29 is 5.11 Å². The van der Waals surface area contributed by atoms with Gasteiger partial charge in [-0.25, -0.2) is 9.97 Å². The molecule has 1 N–H and O–H groups in total. The SMILES string of the molecule is C/C(O)=C(\C)c1ncnc2c1ccc1ccccc12. The second-order valence-corrected chi connectivity index (χ2v) is 4.62. The average Bonchev–Trinajstić information content (AvgIpc) is 2.45. The zero-order valence-corrected chi connectivity index (χ0v) is 10.9. The summed E-state index contributed by atoms with van der Waals surface area (Å²) >= 11 is 0. The lowest BCUT2D eigenvalue weighted by Gasteiger charge is -2.08. The molecule has 0 radical (unpaired) electrons. The molecule has 0 aliphatic heterocycles. The van der Waals surface area contributed by atoms with E-state index in [1.165, 1.54) is 0 Å². The van der Waals surface area contributed by atoms with Crippen LogP contribution in [0.3, 0.4) is 0 Å². The van der Waals surface area contributed by atoms with E-state index >= 15 is 0 Å². The number of aromatic nitrogens is 2. The summed E-state index contributed by atoms with van der Waals surface area (Å²) in [7, 11) is 0. The zero-order valence-electron chi connectivity index (χ0n) is 10.9. The fourth-order valence-corrected chi connectivity index (χ4v) is 2.27. The van der Waals surface area contributed by atoms with Crippen LogP contribution in [0, 0.1) is 0 Å². The van der Waals surface area contributed by atoms with Gasteiger partial charge in [0.1, 0.15) is 6.33 Å². The molecule has 1 aromatic heterocycles. The van der Waals surface area contributed by atoms with Crippen LogP contribution >= 0.6 is 0 Å². The first-order valence-electron chi connectivity index (χ1n) is 6.18. The van der Waals surface area contributed by atoms with E-state index in [-0.39, 0.29) is 5.76 Å². The fourth-order valence-electron chi connectivity index (χ4n) is 2.27. The molecule has 0 atom stereocenters. The van der Waals surface area contributed by atoms with Gasteiger partial charge in [0.05, 0.1) is 17.0 Å². The first-order chi connectivity index (χ1) is 9.18. The van der Waals surface area contributed by atoms with Crippen LogP contribution in [0.4, 0.5) is 0 Å². The molecule has 0 amide bonds. The maximum absolute atomic E-state index is 9.67. The standard InChI is InChI=1S/C16H14N2O/c1-10(11(2)19)15-14-8-7-12-5-3-4-6-13(12)16(14)18-9-17-15/h3-9,19H,1-2H3/b11-10-. The molecule has 94 valence electrons. The quantitative estimate of drug-likeness (QED) is 0.522. The molecule has 0 aliphatic rings. The molecule has 0 aliphatic carbocycles. The summed E-state index contributed by atoms with van der Waals surface area (Å²) in [6.07, 6.45) is 1.55. The molecule has 1 heterocycles. The van der Waals surface area contributed by atoms with Gasteiger partial charge in [-0.15, -0.1) is 0 Å². The van der Waals surface area contributed by atoms with E-state index in [9.17, 15) is 5.11 Å². The molecule has 19 heavy (non-hydrogen) atoms. The van der Waals surface area contributed by atoms with Crippen molar-refractivity contribution in [2.24, 2.45) is 0 Å². The Morgan fingerprint density at radius 2 is 1.74 bits per heavy atom. The van der Waals surface area contributed by atoms with Gasteiger partial charge in [-0.2, -0.15) is 0 Å². The van der Waals surface area contributed by atoms with E-state index in [4.69, 9.17) is 0 Å². The summed E-state index contributed by atoms with van der Waals surface area (Å²) in [5, 5.41) is 12.9. The zero-order chi connectivity index (χ0) is 13.4. The second kappa shape index (κ2) is 4.35. The van der Waals surface area contributed by atoms with E-state index in [2.05, 4.69) is 28.2 Å². The Balaban J connectivity index is 2.45. The first kappa shape index (κ1) is 11.7. The summed E-state index contributed by atoms with van der Waals surface area (Å²) in [6.45, 7) is 3.54. The highest BCUT2D eigenvalue weighted by Gasteiger charge is 2.09. The van der Waals surface area contributed by atoms with Gasteiger partial charge in [-0.1, -0.05) is 30.3 Å². The van der Waals surface area contributed by atoms with Crippen LogP contribution in [0.2, 0.25) is 0 Å². The minimum atomic E-state index is 0.285. The van der Waals surface area contributed by atoms with Crippen LogP contribution in [-0.2, 0) is 0 Å². The highest BCUT2D eigenvalue weighted by atomic mass is 16.3. The Morgan fingerprint density at radius 1 is 0.947 bits per heavy atom. The first-order valence-corrected chi connectivity index (χ1v) is 6.18. The number of allylic oxidation sites excluding steroid dienone is 2. The number of fused-ring (bicyclic) bond motifs is 3. The number of hydrogen-bond acceptors (Lipinski definition) is 3. The Kier molecular flexibility index (Phi) is 2.67. The highest BCUT2D eigenvalue weighted by Crippen LogP contribution is 2.28. The van der Waals surface area contributed by atoms with Crippen LogP contribution in [0.5, 0.6) is 0 Å². The van der Waals surface area contributed by atoms with Crippen LogP contribution in [0.1, 0.15) is 19.5 Å². The van der Waals surface area contributed by atoms with Crippen molar-refractivity contribution in [1.29, 1.82) is 0 Å². The lowest BCUT2D eigenvalue weighted by Crippen LogP contribution is -1.94. The lowest BCUT2D eigenvalue weighted by atomic mass is 10.0. The Bertz CT molecular complexity index is 802. The average molecular weight is 250 g/mol. The highest BCUT2D eigenvalue weighted by molar-refractivity contribution is 6.07. The Hall–Kier alpha value is -2.42. The van der Waals surface area contributed by atoms with Gasteiger partial charge in [0.25, 0.3) is 0 Å². The van der Waals surface area contributed by atoms with Crippen molar-refractivity contribution in [3.05, 3.63) is 54.2 Å². The molecule has 0 unspecified atom stereocenters. The van der Waals surface area contributed by atoms with Gasteiger partial charge in [0, 0.05) is 16.3 Å². The predicted octanol–water partition coefficient (Wildman–Crippen LogP) is 4.09. The number of rotatable bonds is 1. The van der Waals surface area contributed by atoms with E-state index in [0.29, 0.717) is 0 Å². The summed E-state index contributed by atoms with van der Waals surface area (Å²) in [6, 6.07) is 12.2. The number of nitrogens with zero attached hydrogens (tertiary/aromatic N) is 2. The number of benzene rings is 2. The summed E-state index contributed by atoms with van der Waals surface area (Å²) in [5.74, 6) is 0.285. The molecule has 0 saturated carbocycles. The normalized spacial score (nSPS) is 12.7. The van der Waals surface area contributed by atoms with Gasteiger partial charge >= 0.3 is 0 Å². The van der Waals surface area contributed by atoms with Crippen molar-refractivity contribution in [3.8, 4) is 0 Å². The molecule has 3 nitrogen and oxygen atoms in total. The van der Waals surface area contributed by atoms with Gasteiger partial charge in [0.2, 0.25) is 0 Å². The molecule has 3 aromatic rings. The third-order valence-corrected chi connectivity index (χ3v) is 3.43. The third kappa shape index (κ3) is 1.83. The second-order valence-electron chi connectivity index (χ2n) is 4.62. The van der Waals surface area contributed by atoms with E-state index in [1.807, 2.05) is 25.1 Å². The monoisotopic (exact) mass is 250 g/mol. The molecular formula is C16H14N2O. The smallest absolute Gasteiger partial charge is 0.116 e. The number of aliphatic hydroxyl groups is 1. The lowest BCUT2D eigenvalue weighted by molar-refractivity contribution is 0.416. The third-order valence-electron chi connectivity index (χ3n) is 3.43. The molecule has 3 rings (SSSR count). The van der Waals surface area contributed by atoms with Crippen LogP contribution in [-0.4, -0.2) is 15.1 Å². The van der Waals surface area contributed by atoms with Crippen LogP contribution in [0.25, 0.3) is 27.2 Å². The van der Waals surface area contributed by atoms with Crippen molar-refractivity contribution in [2.45, 2.75) is 13.8 Å². The van der Waals surface area contributed by atoms with E-state index in [1.54, 1.807) is 13.3 Å². The summed E-state index contributed by atoms with van der Waals surface area (Å²) < 4.78 is 0. The van der Waals surface area contributed by atoms with Gasteiger partial charge in [-0.3, -0.25) is 0 Å². The van der Waals surface area contributed by atoms with Gasteiger partial charge in [0.15, 0.2) is 0 Å². The van der Waals surface area contributed by atoms with Gasteiger partial charge in [-0.05, 0) is 25.3 Å². The number of hydrogen-bond donors (Lipinski definition) is 1.